The first-order valence-electron chi connectivity index (χ1n) is 6.61. The van der Waals surface area contributed by atoms with Crippen LogP contribution in [0, 0.1) is 0 Å². The molecule has 0 spiro atoms. The Balaban J connectivity index is 1.98. The Hall–Kier alpha value is -1.51. The molecule has 0 saturated heterocycles. The first-order valence-corrected chi connectivity index (χ1v) is 6.61. The number of ether oxygens (including phenoxy) is 2. The topological polar surface area (TPSA) is 35.5 Å². The normalized spacial score (nSPS) is 20.3. The van der Waals surface area contributed by atoms with Gasteiger partial charge in [-0.2, -0.15) is 0 Å². The molecule has 0 radical (unpaired) electrons. The summed E-state index contributed by atoms with van der Waals surface area (Å²) in [6.07, 6.45) is 5.00. The fourth-order valence-electron chi connectivity index (χ4n) is 2.99. The highest BCUT2D eigenvalue weighted by molar-refractivity contribution is 5.84. The van der Waals surface area contributed by atoms with Gasteiger partial charge in [-0.05, 0) is 42.9 Å². The van der Waals surface area contributed by atoms with E-state index in [1.54, 1.807) is 0 Å². The van der Waals surface area contributed by atoms with Crippen molar-refractivity contribution in [2.24, 2.45) is 0 Å². The minimum absolute atomic E-state index is 0.0922. The summed E-state index contributed by atoms with van der Waals surface area (Å²) in [7, 11) is 1.48. The third kappa shape index (κ3) is 1.61. The van der Waals surface area contributed by atoms with Gasteiger partial charge < -0.3 is 9.47 Å². The molecule has 3 heteroatoms. The molecular weight excluding hydrogens is 228 g/mol. The highest BCUT2D eigenvalue weighted by Crippen LogP contribution is 2.45. The Morgan fingerprint density at radius 2 is 2.17 bits per heavy atom. The summed E-state index contributed by atoms with van der Waals surface area (Å²) in [5, 5.41) is 0. The molecule has 0 amide bonds. The van der Waals surface area contributed by atoms with Gasteiger partial charge in [-0.25, -0.2) is 0 Å². The van der Waals surface area contributed by atoms with Crippen molar-refractivity contribution in [2.45, 2.75) is 37.5 Å². The predicted octanol–water partition coefficient (Wildman–Crippen LogP) is 2.61. The second-order valence-electron chi connectivity index (χ2n) is 5.20. The number of hydrogen-bond acceptors (Lipinski definition) is 3. The molecule has 1 heterocycles. The molecular formula is C15H18O3. The van der Waals surface area contributed by atoms with Gasteiger partial charge in [0.05, 0.1) is 19.1 Å². The molecule has 18 heavy (non-hydrogen) atoms. The molecule has 96 valence electrons. The van der Waals surface area contributed by atoms with E-state index in [1.165, 1.54) is 12.7 Å². The van der Waals surface area contributed by atoms with Crippen LogP contribution in [0.1, 0.15) is 36.8 Å². The molecule has 0 unspecified atom stereocenters. The molecule has 1 aromatic rings. The van der Waals surface area contributed by atoms with Gasteiger partial charge in [0.2, 0.25) is 0 Å². The van der Waals surface area contributed by atoms with Crippen molar-refractivity contribution in [1.82, 2.24) is 0 Å². The van der Waals surface area contributed by atoms with Gasteiger partial charge in [-0.1, -0.05) is 18.6 Å². The Kier molecular flexibility index (Phi) is 2.77. The van der Waals surface area contributed by atoms with Crippen LogP contribution in [-0.2, 0) is 21.4 Å². The SMILES string of the molecule is COC(=O)C1(c2ccc3c(c2)CCCO3)CCC1. The van der Waals surface area contributed by atoms with E-state index in [1.807, 2.05) is 12.1 Å². The first kappa shape index (κ1) is 11.6. The standard InChI is InChI=1S/C15H18O3/c1-17-14(16)15(7-3-8-15)12-5-6-13-11(10-12)4-2-9-18-13/h5-6,10H,2-4,7-9H2,1H3. The number of carbonyl (C=O) groups excluding carboxylic acids is 1. The zero-order chi connectivity index (χ0) is 12.6. The van der Waals surface area contributed by atoms with Crippen LogP contribution in [0.3, 0.4) is 0 Å². The quantitative estimate of drug-likeness (QED) is 0.752. The van der Waals surface area contributed by atoms with Crippen LogP contribution < -0.4 is 4.74 Å². The molecule has 1 saturated carbocycles. The summed E-state index contributed by atoms with van der Waals surface area (Å²) in [6, 6.07) is 6.18. The lowest BCUT2D eigenvalue weighted by atomic mass is 9.64. The average molecular weight is 246 g/mol. The molecule has 0 atom stereocenters. The lowest BCUT2D eigenvalue weighted by Crippen LogP contribution is -2.43. The summed E-state index contributed by atoms with van der Waals surface area (Å²) < 4.78 is 10.6. The number of methoxy groups -OCH3 is 1. The van der Waals surface area contributed by atoms with Gasteiger partial charge >= 0.3 is 5.97 Å². The average Bonchev–Trinajstić information content (AvgIpc) is 2.37. The zero-order valence-corrected chi connectivity index (χ0v) is 10.7. The minimum atomic E-state index is -0.388. The van der Waals surface area contributed by atoms with Crippen molar-refractivity contribution in [3.63, 3.8) is 0 Å². The first-order chi connectivity index (χ1) is 8.76. The molecule has 0 bridgehead atoms. The van der Waals surface area contributed by atoms with Crippen LogP contribution >= 0.6 is 0 Å². The van der Waals surface area contributed by atoms with Gasteiger partial charge in [0.1, 0.15) is 5.75 Å². The maximum absolute atomic E-state index is 12.0. The second kappa shape index (κ2) is 4.30. The van der Waals surface area contributed by atoms with Crippen LogP contribution in [0.25, 0.3) is 0 Å². The van der Waals surface area contributed by atoms with Gasteiger partial charge in [0.25, 0.3) is 0 Å². The van der Waals surface area contributed by atoms with Crippen LogP contribution in [0.15, 0.2) is 18.2 Å². The van der Waals surface area contributed by atoms with Crippen LogP contribution in [0.5, 0.6) is 5.75 Å². The number of rotatable bonds is 2. The molecule has 2 aliphatic rings. The van der Waals surface area contributed by atoms with E-state index in [2.05, 4.69) is 6.07 Å². The van der Waals surface area contributed by atoms with Gasteiger partial charge in [0, 0.05) is 0 Å². The van der Waals surface area contributed by atoms with Crippen molar-refractivity contribution in [3.05, 3.63) is 29.3 Å². The van der Waals surface area contributed by atoms with Crippen molar-refractivity contribution >= 4 is 5.97 Å². The summed E-state index contributed by atoms with van der Waals surface area (Å²) in [5.74, 6) is 0.884. The summed E-state index contributed by atoms with van der Waals surface area (Å²) in [6.45, 7) is 0.800. The highest BCUT2D eigenvalue weighted by Gasteiger charge is 2.47. The van der Waals surface area contributed by atoms with Crippen LogP contribution in [-0.4, -0.2) is 19.7 Å². The van der Waals surface area contributed by atoms with Gasteiger partial charge in [-0.15, -0.1) is 0 Å². The molecule has 0 aromatic heterocycles. The fraction of sp³-hybridized carbons (Fsp3) is 0.533. The van der Waals surface area contributed by atoms with Gasteiger partial charge in [0.15, 0.2) is 0 Å². The number of carbonyl (C=O) groups is 1. The molecule has 0 N–H and O–H groups in total. The number of esters is 1. The van der Waals surface area contributed by atoms with Crippen LogP contribution in [0.2, 0.25) is 0 Å². The van der Waals surface area contributed by atoms with Crippen molar-refractivity contribution in [1.29, 1.82) is 0 Å². The lowest BCUT2D eigenvalue weighted by Gasteiger charge is -2.39. The largest absolute Gasteiger partial charge is 0.493 e. The number of benzene rings is 1. The van der Waals surface area contributed by atoms with Gasteiger partial charge in [-0.3, -0.25) is 4.79 Å². The molecule has 3 rings (SSSR count). The van der Waals surface area contributed by atoms with E-state index >= 15 is 0 Å². The minimum Gasteiger partial charge on any atom is -0.493 e. The van der Waals surface area contributed by atoms with Crippen LogP contribution in [0.4, 0.5) is 0 Å². The van der Waals surface area contributed by atoms with E-state index in [4.69, 9.17) is 9.47 Å². The Morgan fingerprint density at radius 3 is 2.83 bits per heavy atom. The number of fused-ring (bicyclic) bond motifs is 1. The number of aryl methyl sites for hydroxylation is 1. The zero-order valence-electron chi connectivity index (χ0n) is 10.7. The lowest BCUT2D eigenvalue weighted by molar-refractivity contribution is -0.151. The van der Waals surface area contributed by atoms with E-state index in [9.17, 15) is 4.79 Å². The Bertz CT molecular complexity index is 475. The van der Waals surface area contributed by atoms with E-state index in [0.717, 1.165) is 50.0 Å². The van der Waals surface area contributed by atoms with E-state index in [0.29, 0.717) is 0 Å². The highest BCUT2D eigenvalue weighted by atomic mass is 16.5. The summed E-state index contributed by atoms with van der Waals surface area (Å²) in [4.78, 5) is 12.0. The molecule has 1 aliphatic carbocycles. The molecule has 1 fully saturated rings. The van der Waals surface area contributed by atoms with E-state index in [-0.39, 0.29) is 11.4 Å². The molecule has 1 aromatic carbocycles. The van der Waals surface area contributed by atoms with Crippen molar-refractivity contribution in [2.75, 3.05) is 13.7 Å². The summed E-state index contributed by atoms with van der Waals surface area (Å²) in [5.41, 5.74) is 1.94. The maximum atomic E-state index is 12.0. The fourth-order valence-corrected chi connectivity index (χ4v) is 2.99. The predicted molar refractivity (Wildman–Crippen MR) is 67.8 cm³/mol. The number of hydrogen-bond donors (Lipinski definition) is 0. The molecule has 1 aliphatic heterocycles. The Labute approximate surface area is 107 Å². The Morgan fingerprint density at radius 1 is 1.33 bits per heavy atom. The van der Waals surface area contributed by atoms with Crippen molar-refractivity contribution in [3.8, 4) is 5.75 Å². The monoisotopic (exact) mass is 246 g/mol. The molecule has 3 nitrogen and oxygen atoms in total. The summed E-state index contributed by atoms with van der Waals surface area (Å²) >= 11 is 0. The maximum Gasteiger partial charge on any atom is 0.316 e. The van der Waals surface area contributed by atoms with E-state index < -0.39 is 0 Å². The third-order valence-corrected chi connectivity index (χ3v) is 4.24. The van der Waals surface area contributed by atoms with Crippen molar-refractivity contribution < 1.29 is 14.3 Å². The third-order valence-electron chi connectivity index (χ3n) is 4.24. The smallest absolute Gasteiger partial charge is 0.316 e. The second-order valence-corrected chi connectivity index (χ2v) is 5.20.